The maximum atomic E-state index is 11.3. The number of carboxylic acids is 1. The molecular formula is C22H18N2O2S. The summed E-state index contributed by atoms with van der Waals surface area (Å²) in [6, 6.07) is 14.8. The molecule has 27 heavy (non-hydrogen) atoms. The van der Waals surface area contributed by atoms with Gasteiger partial charge < -0.3 is 10.4 Å². The number of rotatable bonds is 5. The Hall–Kier alpha value is -3.18. The first-order chi connectivity index (χ1) is 13.2. The molecule has 5 heteroatoms. The highest BCUT2D eigenvalue weighted by Gasteiger charge is 2.10. The molecule has 1 heterocycles. The standard InChI is InChI=1S/C22H18N2O2S/c25-22(26)18-8-4-5-9-19(18)24-17-12-10-15(11-13-17)20-14-23-21(27-20)16-6-2-1-3-7-16/h2,4-14,24H,1,3H2,(H,25,26). The second-order valence-corrected chi connectivity index (χ2v) is 7.25. The van der Waals surface area contributed by atoms with E-state index in [1.165, 1.54) is 5.57 Å². The number of hydrogen-bond donors (Lipinski definition) is 2. The van der Waals surface area contributed by atoms with Crippen molar-refractivity contribution in [2.45, 2.75) is 12.8 Å². The highest BCUT2D eigenvalue weighted by Crippen LogP contribution is 2.32. The van der Waals surface area contributed by atoms with E-state index < -0.39 is 5.97 Å². The van der Waals surface area contributed by atoms with Gasteiger partial charge in [-0.05, 0) is 42.7 Å². The summed E-state index contributed by atoms with van der Waals surface area (Å²) in [6.45, 7) is 0. The molecule has 4 rings (SSSR count). The molecule has 0 saturated carbocycles. The van der Waals surface area contributed by atoms with Crippen LogP contribution in [0.4, 0.5) is 11.4 Å². The van der Waals surface area contributed by atoms with E-state index in [1.807, 2.05) is 36.5 Å². The van der Waals surface area contributed by atoms with Crippen molar-refractivity contribution in [3.8, 4) is 10.4 Å². The average molecular weight is 374 g/mol. The molecule has 0 amide bonds. The third-order valence-electron chi connectivity index (χ3n) is 4.35. The number of hydrogen-bond acceptors (Lipinski definition) is 4. The molecule has 1 aromatic heterocycles. The summed E-state index contributed by atoms with van der Waals surface area (Å²) in [5, 5.41) is 13.5. The van der Waals surface area contributed by atoms with Gasteiger partial charge in [-0.3, -0.25) is 0 Å². The summed E-state index contributed by atoms with van der Waals surface area (Å²) in [4.78, 5) is 17.0. The van der Waals surface area contributed by atoms with Gasteiger partial charge in [0.15, 0.2) is 0 Å². The minimum atomic E-state index is -0.946. The number of para-hydroxylation sites is 1. The Morgan fingerprint density at radius 1 is 1.07 bits per heavy atom. The van der Waals surface area contributed by atoms with Crippen LogP contribution in [0.2, 0.25) is 0 Å². The number of aromatic carboxylic acids is 1. The molecule has 1 aliphatic carbocycles. The number of thiazole rings is 1. The van der Waals surface area contributed by atoms with Crippen LogP contribution in [-0.2, 0) is 0 Å². The molecule has 134 valence electrons. The van der Waals surface area contributed by atoms with Crippen LogP contribution < -0.4 is 5.32 Å². The lowest BCUT2D eigenvalue weighted by molar-refractivity contribution is 0.0698. The Bertz CT molecular complexity index is 1030. The highest BCUT2D eigenvalue weighted by atomic mass is 32.1. The molecule has 0 radical (unpaired) electrons. The Balaban J connectivity index is 1.53. The zero-order valence-electron chi connectivity index (χ0n) is 14.6. The fraction of sp³-hybridized carbons (Fsp3) is 0.0909. The van der Waals surface area contributed by atoms with Gasteiger partial charge in [0.05, 0.1) is 16.1 Å². The average Bonchev–Trinajstić information content (AvgIpc) is 3.20. The molecule has 0 atom stereocenters. The maximum absolute atomic E-state index is 11.3. The van der Waals surface area contributed by atoms with E-state index in [4.69, 9.17) is 0 Å². The van der Waals surface area contributed by atoms with Gasteiger partial charge in [0.1, 0.15) is 5.01 Å². The summed E-state index contributed by atoms with van der Waals surface area (Å²) >= 11 is 1.68. The maximum Gasteiger partial charge on any atom is 0.337 e. The van der Waals surface area contributed by atoms with Crippen LogP contribution in [0.1, 0.15) is 28.2 Å². The summed E-state index contributed by atoms with van der Waals surface area (Å²) in [5.41, 5.74) is 3.96. The van der Waals surface area contributed by atoms with Gasteiger partial charge >= 0.3 is 5.97 Å². The van der Waals surface area contributed by atoms with Gasteiger partial charge in [0, 0.05) is 17.5 Å². The van der Waals surface area contributed by atoms with E-state index in [0.29, 0.717) is 5.69 Å². The van der Waals surface area contributed by atoms with Crippen molar-refractivity contribution >= 4 is 34.3 Å². The number of nitrogens with zero attached hydrogens (tertiary/aromatic N) is 1. The predicted molar refractivity (Wildman–Crippen MR) is 111 cm³/mol. The summed E-state index contributed by atoms with van der Waals surface area (Å²) in [5.74, 6) is -0.946. The first-order valence-electron chi connectivity index (χ1n) is 8.73. The van der Waals surface area contributed by atoms with E-state index in [2.05, 4.69) is 28.5 Å². The second kappa shape index (κ2) is 7.60. The van der Waals surface area contributed by atoms with Gasteiger partial charge in [-0.15, -0.1) is 11.3 Å². The lowest BCUT2D eigenvalue weighted by Gasteiger charge is -2.09. The third-order valence-corrected chi connectivity index (χ3v) is 5.45. The van der Waals surface area contributed by atoms with Gasteiger partial charge in [-0.25, -0.2) is 9.78 Å². The normalized spacial score (nSPS) is 13.3. The van der Waals surface area contributed by atoms with Crippen molar-refractivity contribution in [1.29, 1.82) is 0 Å². The fourth-order valence-electron chi connectivity index (χ4n) is 2.96. The van der Waals surface area contributed by atoms with Gasteiger partial charge in [0.25, 0.3) is 0 Å². The minimum Gasteiger partial charge on any atom is -0.478 e. The molecule has 2 aromatic carbocycles. The summed E-state index contributed by atoms with van der Waals surface area (Å²) in [6.07, 6.45) is 10.6. The number of allylic oxidation sites excluding steroid dienone is 4. The number of aromatic nitrogens is 1. The number of benzene rings is 2. The van der Waals surface area contributed by atoms with E-state index >= 15 is 0 Å². The molecule has 0 saturated heterocycles. The lowest BCUT2D eigenvalue weighted by atomic mass is 10.1. The van der Waals surface area contributed by atoms with Gasteiger partial charge in [-0.2, -0.15) is 0 Å². The van der Waals surface area contributed by atoms with E-state index in [9.17, 15) is 9.90 Å². The van der Waals surface area contributed by atoms with E-state index in [-0.39, 0.29) is 5.56 Å². The first-order valence-corrected chi connectivity index (χ1v) is 9.55. The highest BCUT2D eigenvalue weighted by molar-refractivity contribution is 7.16. The quantitative estimate of drug-likeness (QED) is 0.576. The molecule has 0 unspecified atom stereocenters. The summed E-state index contributed by atoms with van der Waals surface area (Å²) in [7, 11) is 0. The molecule has 0 bridgehead atoms. The minimum absolute atomic E-state index is 0.252. The van der Waals surface area contributed by atoms with Crippen molar-refractivity contribution in [2.24, 2.45) is 0 Å². The number of nitrogens with one attached hydrogen (secondary N) is 1. The van der Waals surface area contributed by atoms with Crippen LogP contribution in [0.25, 0.3) is 16.0 Å². The number of anilines is 2. The molecule has 0 fully saturated rings. The largest absolute Gasteiger partial charge is 0.478 e. The predicted octanol–water partition coefficient (Wildman–Crippen LogP) is 5.99. The number of carboxylic acid groups (broad SMARTS) is 1. The van der Waals surface area contributed by atoms with Crippen LogP contribution in [0, 0.1) is 0 Å². The van der Waals surface area contributed by atoms with Crippen molar-refractivity contribution in [1.82, 2.24) is 4.98 Å². The van der Waals surface area contributed by atoms with Crippen molar-refractivity contribution < 1.29 is 9.90 Å². The Morgan fingerprint density at radius 3 is 2.63 bits per heavy atom. The van der Waals surface area contributed by atoms with Crippen LogP contribution in [0.5, 0.6) is 0 Å². The Morgan fingerprint density at radius 2 is 1.89 bits per heavy atom. The molecule has 1 aliphatic rings. The molecule has 4 nitrogen and oxygen atoms in total. The smallest absolute Gasteiger partial charge is 0.337 e. The molecule has 0 aliphatic heterocycles. The van der Waals surface area contributed by atoms with Crippen molar-refractivity contribution in [2.75, 3.05) is 5.32 Å². The van der Waals surface area contributed by atoms with Crippen LogP contribution >= 0.6 is 11.3 Å². The van der Waals surface area contributed by atoms with Crippen LogP contribution in [-0.4, -0.2) is 16.1 Å². The van der Waals surface area contributed by atoms with Crippen molar-refractivity contribution in [3.63, 3.8) is 0 Å². The SMILES string of the molecule is O=C(O)c1ccccc1Nc1ccc(-c2cnc(C3=CCCC=C3)s2)cc1. The Labute approximate surface area is 161 Å². The van der Waals surface area contributed by atoms with Gasteiger partial charge in [-0.1, -0.05) is 42.5 Å². The zero-order valence-corrected chi connectivity index (χ0v) is 15.4. The fourth-order valence-corrected chi connectivity index (χ4v) is 3.91. The van der Waals surface area contributed by atoms with Crippen LogP contribution in [0.15, 0.2) is 73.0 Å². The molecule has 0 spiro atoms. The third kappa shape index (κ3) is 3.83. The van der Waals surface area contributed by atoms with Crippen LogP contribution in [0.3, 0.4) is 0 Å². The molecule has 3 aromatic rings. The number of carbonyl (C=O) groups is 1. The topological polar surface area (TPSA) is 62.2 Å². The monoisotopic (exact) mass is 374 g/mol. The first kappa shape index (κ1) is 17.2. The summed E-state index contributed by atoms with van der Waals surface area (Å²) < 4.78 is 0. The molecule has 2 N–H and O–H groups in total. The van der Waals surface area contributed by atoms with E-state index in [0.717, 1.165) is 34.0 Å². The molecular weight excluding hydrogens is 356 g/mol. The van der Waals surface area contributed by atoms with Gasteiger partial charge in [0.2, 0.25) is 0 Å². The lowest BCUT2D eigenvalue weighted by Crippen LogP contribution is -2.02. The second-order valence-electron chi connectivity index (χ2n) is 6.22. The zero-order chi connectivity index (χ0) is 18.6. The Kier molecular flexibility index (Phi) is 4.85. The van der Waals surface area contributed by atoms with E-state index in [1.54, 1.807) is 29.5 Å². The van der Waals surface area contributed by atoms with Crippen molar-refractivity contribution in [3.05, 3.63) is 83.5 Å².